The molecular formula is C11H22N2OS. The van der Waals surface area contributed by atoms with E-state index in [1.807, 2.05) is 14.0 Å². The average Bonchev–Trinajstić information content (AvgIpc) is 2.18. The highest BCUT2D eigenvalue weighted by Crippen LogP contribution is 2.22. The van der Waals surface area contributed by atoms with Crippen molar-refractivity contribution in [1.82, 2.24) is 4.90 Å². The van der Waals surface area contributed by atoms with E-state index in [1.165, 1.54) is 6.42 Å². The van der Waals surface area contributed by atoms with Gasteiger partial charge in [-0.3, -0.25) is 0 Å². The van der Waals surface area contributed by atoms with E-state index in [-0.39, 0.29) is 18.1 Å². The Kier molecular flexibility index (Phi) is 4.96. The van der Waals surface area contributed by atoms with Crippen LogP contribution in [-0.4, -0.2) is 40.7 Å². The van der Waals surface area contributed by atoms with Gasteiger partial charge in [-0.2, -0.15) is 0 Å². The van der Waals surface area contributed by atoms with Crippen molar-refractivity contribution >= 4 is 17.2 Å². The zero-order valence-corrected chi connectivity index (χ0v) is 10.5. The largest absolute Gasteiger partial charge is 0.393 e. The molecule has 4 heteroatoms. The summed E-state index contributed by atoms with van der Waals surface area (Å²) in [6, 6.07) is 0.288. The maximum Gasteiger partial charge on any atom is 0.0768 e. The summed E-state index contributed by atoms with van der Waals surface area (Å²) in [5.74, 6) is 0.221. The third-order valence-electron chi connectivity index (χ3n) is 3.31. The first-order chi connectivity index (χ1) is 7.02. The van der Waals surface area contributed by atoms with Crippen molar-refractivity contribution in [3.63, 3.8) is 0 Å². The van der Waals surface area contributed by atoms with Crippen molar-refractivity contribution in [2.75, 3.05) is 13.6 Å². The fraction of sp³-hybridized carbons (Fsp3) is 0.909. The van der Waals surface area contributed by atoms with E-state index in [2.05, 4.69) is 4.90 Å². The second-order valence-corrected chi connectivity index (χ2v) is 5.13. The van der Waals surface area contributed by atoms with Gasteiger partial charge in [-0.05, 0) is 19.9 Å². The summed E-state index contributed by atoms with van der Waals surface area (Å²) in [6.45, 7) is 2.88. The van der Waals surface area contributed by atoms with Gasteiger partial charge in [0.1, 0.15) is 0 Å². The van der Waals surface area contributed by atoms with Gasteiger partial charge >= 0.3 is 0 Å². The van der Waals surface area contributed by atoms with Gasteiger partial charge in [0, 0.05) is 18.5 Å². The van der Waals surface area contributed by atoms with E-state index in [1.54, 1.807) is 0 Å². The molecule has 0 heterocycles. The summed E-state index contributed by atoms with van der Waals surface area (Å²) < 4.78 is 0. The first-order valence-corrected chi connectivity index (χ1v) is 6.10. The Morgan fingerprint density at radius 1 is 1.53 bits per heavy atom. The van der Waals surface area contributed by atoms with E-state index >= 15 is 0 Å². The molecule has 0 aromatic carbocycles. The maximum atomic E-state index is 9.89. The van der Waals surface area contributed by atoms with Gasteiger partial charge in [0.2, 0.25) is 0 Å². The molecule has 15 heavy (non-hydrogen) atoms. The molecule has 3 unspecified atom stereocenters. The molecule has 0 radical (unpaired) electrons. The van der Waals surface area contributed by atoms with Crippen LogP contribution in [0.5, 0.6) is 0 Å². The standard InChI is InChI=1S/C11H22N2OS/c1-8(11(12)15)7-13(2)9-5-3-4-6-10(9)14/h8-10,14H,3-7H2,1-2H3,(H2,12,15). The molecule has 0 spiro atoms. The van der Waals surface area contributed by atoms with Gasteiger partial charge in [-0.25, -0.2) is 0 Å². The summed E-state index contributed by atoms with van der Waals surface area (Å²) in [6.07, 6.45) is 4.20. The van der Waals surface area contributed by atoms with Gasteiger partial charge in [-0.15, -0.1) is 0 Å². The number of nitrogens with two attached hydrogens (primary N) is 1. The van der Waals surface area contributed by atoms with E-state index in [0.29, 0.717) is 4.99 Å². The van der Waals surface area contributed by atoms with Crippen LogP contribution in [0, 0.1) is 5.92 Å². The molecule has 1 rings (SSSR count). The topological polar surface area (TPSA) is 49.5 Å². The summed E-state index contributed by atoms with van der Waals surface area (Å²) >= 11 is 4.96. The van der Waals surface area contributed by atoms with Gasteiger partial charge in [0.05, 0.1) is 11.1 Å². The van der Waals surface area contributed by atoms with Gasteiger partial charge in [-0.1, -0.05) is 32.0 Å². The number of hydrogen-bond donors (Lipinski definition) is 2. The molecule has 1 aliphatic rings. The monoisotopic (exact) mass is 230 g/mol. The van der Waals surface area contributed by atoms with Crippen molar-refractivity contribution in [2.24, 2.45) is 11.7 Å². The third kappa shape index (κ3) is 3.70. The zero-order chi connectivity index (χ0) is 11.4. The average molecular weight is 230 g/mol. The Hall–Kier alpha value is -0.190. The smallest absolute Gasteiger partial charge is 0.0768 e. The van der Waals surface area contributed by atoms with Crippen LogP contribution >= 0.6 is 12.2 Å². The van der Waals surface area contributed by atoms with Crippen molar-refractivity contribution in [2.45, 2.75) is 44.8 Å². The molecule has 1 saturated carbocycles. The lowest BCUT2D eigenvalue weighted by Crippen LogP contribution is -2.46. The van der Waals surface area contributed by atoms with Gasteiger partial charge < -0.3 is 15.7 Å². The maximum absolute atomic E-state index is 9.89. The summed E-state index contributed by atoms with van der Waals surface area (Å²) in [7, 11) is 2.05. The molecule has 3 atom stereocenters. The molecule has 1 fully saturated rings. The predicted octanol–water partition coefficient (Wildman–Crippen LogP) is 1.14. The highest BCUT2D eigenvalue weighted by atomic mass is 32.1. The van der Waals surface area contributed by atoms with Crippen LogP contribution in [0.3, 0.4) is 0 Å². The minimum Gasteiger partial charge on any atom is -0.393 e. The van der Waals surface area contributed by atoms with Crippen molar-refractivity contribution < 1.29 is 5.11 Å². The summed E-state index contributed by atoms with van der Waals surface area (Å²) in [5.41, 5.74) is 5.59. The van der Waals surface area contributed by atoms with Gasteiger partial charge in [0.15, 0.2) is 0 Å². The van der Waals surface area contributed by atoms with Crippen LogP contribution in [0.1, 0.15) is 32.6 Å². The lowest BCUT2D eigenvalue weighted by atomic mass is 9.91. The van der Waals surface area contributed by atoms with Crippen LogP contribution in [0.15, 0.2) is 0 Å². The molecule has 0 aromatic heterocycles. The third-order valence-corrected chi connectivity index (χ3v) is 3.71. The SMILES string of the molecule is CC(CN(C)C1CCCCC1O)C(N)=S. The summed E-state index contributed by atoms with van der Waals surface area (Å²) in [4.78, 5) is 2.76. The van der Waals surface area contributed by atoms with Crippen LogP contribution in [-0.2, 0) is 0 Å². The molecule has 3 N–H and O–H groups in total. The second-order valence-electron chi connectivity index (χ2n) is 4.66. The number of aliphatic hydroxyl groups is 1. The Balaban J connectivity index is 2.44. The minimum atomic E-state index is -0.178. The first kappa shape index (κ1) is 12.9. The second kappa shape index (κ2) is 5.77. The highest BCUT2D eigenvalue weighted by molar-refractivity contribution is 7.80. The van der Waals surface area contributed by atoms with E-state index in [4.69, 9.17) is 18.0 Å². The summed E-state index contributed by atoms with van der Waals surface area (Å²) in [5, 5.41) is 9.89. The fourth-order valence-electron chi connectivity index (χ4n) is 2.26. The van der Waals surface area contributed by atoms with E-state index < -0.39 is 0 Å². The van der Waals surface area contributed by atoms with Crippen molar-refractivity contribution in [3.05, 3.63) is 0 Å². The van der Waals surface area contributed by atoms with Crippen LogP contribution in [0.2, 0.25) is 0 Å². The number of nitrogens with zero attached hydrogens (tertiary/aromatic N) is 1. The zero-order valence-electron chi connectivity index (χ0n) is 9.65. The van der Waals surface area contributed by atoms with Crippen molar-refractivity contribution in [1.29, 1.82) is 0 Å². The molecule has 3 nitrogen and oxygen atoms in total. The Morgan fingerprint density at radius 3 is 2.67 bits per heavy atom. The molecule has 0 saturated heterocycles. The highest BCUT2D eigenvalue weighted by Gasteiger charge is 2.27. The molecule has 0 amide bonds. The number of thiocarbonyl (C=S) groups is 1. The van der Waals surface area contributed by atoms with E-state index in [0.717, 1.165) is 25.8 Å². The molecule has 1 aliphatic carbocycles. The van der Waals surface area contributed by atoms with E-state index in [9.17, 15) is 5.11 Å². The fourth-order valence-corrected chi connectivity index (χ4v) is 2.34. The Bertz CT molecular complexity index is 223. The predicted molar refractivity (Wildman–Crippen MR) is 66.8 cm³/mol. The Morgan fingerprint density at radius 2 is 2.13 bits per heavy atom. The molecule has 0 aliphatic heterocycles. The molecular weight excluding hydrogens is 208 g/mol. The normalized spacial score (nSPS) is 29.1. The lowest BCUT2D eigenvalue weighted by molar-refractivity contribution is 0.0298. The minimum absolute atomic E-state index is 0.178. The number of aliphatic hydroxyl groups excluding tert-OH is 1. The van der Waals surface area contributed by atoms with Gasteiger partial charge in [0.25, 0.3) is 0 Å². The number of hydrogen-bond acceptors (Lipinski definition) is 3. The van der Waals surface area contributed by atoms with Crippen LogP contribution in [0.4, 0.5) is 0 Å². The number of rotatable bonds is 4. The first-order valence-electron chi connectivity index (χ1n) is 5.70. The molecule has 88 valence electrons. The molecule has 0 bridgehead atoms. The lowest BCUT2D eigenvalue weighted by Gasteiger charge is -2.36. The number of likely N-dealkylation sites (N-methyl/N-ethyl adjacent to an activating group) is 1. The van der Waals surface area contributed by atoms with Crippen molar-refractivity contribution in [3.8, 4) is 0 Å². The van der Waals surface area contributed by atoms with Crippen LogP contribution in [0.25, 0.3) is 0 Å². The quantitative estimate of drug-likeness (QED) is 0.711. The molecule has 0 aromatic rings. The van der Waals surface area contributed by atoms with Crippen LogP contribution < -0.4 is 5.73 Å². The Labute approximate surface area is 97.6 Å².